The van der Waals surface area contributed by atoms with Crippen LogP contribution in [-0.2, 0) is 16.0 Å². The Kier molecular flexibility index (Phi) is 4.62. The third kappa shape index (κ3) is 3.47. The van der Waals surface area contributed by atoms with E-state index >= 15 is 0 Å². The minimum atomic E-state index is 0.213. The Morgan fingerprint density at radius 3 is 3.00 bits per heavy atom. The lowest BCUT2D eigenvalue weighted by atomic mass is 10.1. The maximum atomic E-state index is 6.05. The number of aromatic nitrogens is 1. The normalized spacial score (nSPS) is 30.0. The smallest absolute Gasteiger partial charge is 0.133 e. The molecular weight excluding hydrogens is 268 g/mol. The molecule has 0 amide bonds. The summed E-state index contributed by atoms with van der Waals surface area (Å²) in [5, 5.41) is 4.11. The van der Waals surface area contributed by atoms with Crippen LogP contribution in [0.25, 0.3) is 0 Å². The molecule has 0 spiro atoms. The van der Waals surface area contributed by atoms with E-state index in [2.05, 4.69) is 23.9 Å². The van der Waals surface area contributed by atoms with Crippen LogP contribution in [-0.4, -0.2) is 48.1 Å². The van der Waals surface area contributed by atoms with E-state index in [1.54, 1.807) is 0 Å². The van der Waals surface area contributed by atoms with Gasteiger partial charge in [-0.25, -0.2) is 0 Å². The highest BCUT2D eigenvalue weighted by Gasteiger charge is 2.43. The highest BCUT2D eigenvalue weighted by molar-refractivity contribution is 5.05. The summed E-state index contributed by atoms with van der Waals surface area (Å²) in [6.45, 7) is 9.72. The largest absolute Gasteiger partial charge is 0.375 e. The molecule has 2 heterocycles. The molecule has 1 aromatic rings. The van der Waals surface area contributed by atoms with Gasteiger partial charge in [0.05, 0.1) is 24.5 Å². The second kappa shape index (κ2) is 6.46. The van der Waals surface area contributed by atoms with Gasteiger partial charge in [-0.2, -0.15) is 0 Å². The van der Waals surface area contributed by atoms with Crippen molar-refractivity contribution in [2.24, 2.45) is 5.92 Å². The number of hydrogen-bond acceptors (Lipinski definition) is 5. The van der Waals surface area contributed by atoms with Crippen molar-refractivity contribution in [1.29, 1.82) is 0 Å². The maximum Gasteiger partial charge on any atom is 0.133 e. The van der Waals surface area contributed by atoms with Crippen molar-refractivity contribution in [1.82, 2.24) is 10.1 Å². The number of rotatable bonds is 5. The number of morpholine rings is 1. The Morgan fingerprint density at radius 2 is 2.29 bits per heavy atom. The third-order valence-corrected chi connectivity index (χ3v) is 4.34. The lowest BCUT2D eigenvalue weighted by Crippen LogP contribution is -2.51. The average Bonchev–Trinajstić information content (AvgIpc) is 3.04. The Hall–Kier alpha value is -0.910. The first-order valence-corrected chi connectivity index (χ1v) is 8.03. The van der Waals surface area contributed by atoms with E-state index in [0.717, 1.165) is 50.6 Å². The van der Waals surface area contributed by atoms with Crippen LogP contribution in [0.3, 0.4) is 0 Å². The molecule has 0 radical (unpaired) electrons. The topological polar surface area (TPSA) is 47.7 Å². The Morgan fingerprint density at radius 1 is 1.43 bits per heavy atom. The molecule has 1 aliphatic heterocycles. The minimum absolute atomic E-state index is 0.213. The summed E-state index contributed by atoms with van der Waals surface area (Å²) >= 11 is 0. The molecule has 21 heavy (non-hydrogen) atoms. The number of aryl methyl sites for hydroxylation is 1. The summed E-state index contributed by atoms with van der Waals surface area (Å²) in [6.07, 6.45) is 2.70. The fraction of sp³-hybridized carbons (Fsp3) is 0.812. The van der Waals surface area contributed by atoms with Gasteiger partial charge in [-0.3, -0.25) is 4.90 Å². The van der Waals surface area contributed by atoms with Crippen LogP contribution < -0.4 is 0 Å². The molecule has 1 saturated carbocycles. The molecule has 1 saturated heterocycles. The van der Waals surface area contributed by atoms with Crippen molar-refractivity contribution >= 4 is 0 Å². The zero-order valence-electron chi connectivity index (χ0n) is 13.2. The number of ether oxygens (including phenoxy) is 2. The summed E-state index contributed by atoms with van der Waals surface area (Å²) in [7, 11) is 0. The van der Waals surface area contributed by atoms with Crippen LogP contribution in [0, 0.1) is 12.8 Å². The van der Waals surface area contributed by atoms with Gasteiger partial charge in [-0.1, -0.05) is 19.0 Å². The third-order valence-electron chi connectivity index (χ3n) is 4.34. The minimum Gasteiger partial charge on any atom is -0.375 e. The summed E-state index contributed by atoms with van der Waals surface area (Å²) in [4.78, 5) is 2.48. The molecule has 1 aromatic heterocycles. The van der Waals surface area contributed by atoms with Crippen molar-refractivity contribution in [3.8, 4) is 0 Å². The van der Waals surface area contributed by atoms with Crippen molar-refractivity contribution in [3.63, 3.8) is 0 Å². The molecule has 0 N–H and O–H groups in total. The van der Waals surface area contributed by atoms with Crippen LogP contribution in [0.5, 0.6) is 0 Å². The second-order valence-corrected chi connectivity index (χ2v) is 6.65. The van der Waals surface area contributed by atoms with Gasteiger partial charge < -0.3 is 14.0 Å². The summed E-state index contributed by atoms with van der Waals surface area (Å²) < 4.78 is 17.2. The quantitative estimate of drug-likeness (QED) is 0.834. The van der Waals surface area contributed by atoms with Crippen LogP contribution in [0.2, 0.25) is 0 Å². The van der Waals surface area contributed by atoms with Crippen molar-refractivity contribution in [2.45, 2.75) is 58.4 Å². The van der Waals surface area contributed by atoms with E-state index in [1.165, 1.54) is 0 Å². The monoisotopic (exact) mass is 294 g/mol. The molecule has 0 unspecified atom stereocenters. The first-order valence-electron chi connectivity index (χ1n) is 8.03. The van der Waals surface area contributed by atoms with Crippen LogP contribution in [0.4, 0.5) is 0 Å². The van der Waals surface area contributed by atoms with Crippen LogP contribution in [0.1, 0.15) is 38.1 Å². The maximum absolute atomic E-state index is 6.05. The highest BCUT2D eigenvalue weighted by Crippen LogP contribution is 2.33. The lowest BCUT2D eigenvalue weighted by Gasteiger charge is -2.38. The van der Waals surface area contributed by atoms with E-state index in [1.807, 2.05) is 13.0 Å². The molecule has 2 aliphatic rings. The number of hydrogen-bond donors (Lipinski definition) is 0. The van der Waals surface area contributed by atoms with Crippen molar-refractivity contribution < 1.29 is 14.0 Å². The zero-order valence-corrected chi connectivity index (χ0v) is 13.2. The fourth-order valence-electron chi connectivity index (χ4n) is 3.38. The van der Waals surface area contributed by atoms with E-state index in [9.17, 15) is 0 Å². The van der Waals surface area contributed by atoms with Gasteiger partial charge in [0, 0.05) is 31.8 Å². The second-order valence-electron chi connectivity index (χ2n) is 6.65. The van der Waals surface area contributed by atoms with E-state index in [-0.39, 0.29) is 12.2 Å². The van der Waals surface area contributed by atoms with Crippen LogP contribution >= 0.6 is 0 Å². The summed E-state index contributed by atoms with van der Waals surface area (Å²) in [5.74, 6) is 1.45. The predicted molar refractivity (Wildman–Crippen MR) is 79.0 cm³/mol. The van der Waals surface area contributed by atoms with Gasteiger partial charge in [0.2, 0.25) is 0 Å². The molecule has 118 valence electrons. The SMILES string of the molecule is Cc1cc(CN2CCO[C@H]3[C@H](OCC(C)C)CC[C@@H]32)no1. The standard InChI is InChI=1S/C16H26N2O3/c1-11(2)10-20-15-5-4-14-16(15)19-7-6-18(14)9-13-8-12(3)21-17-13/h8,11,14-16H,4-7,9-10H2,1-3H3/t14-,15+,16+/m0/s1. The van der Waals surface area contributed by atoms with Gasteiger partial charge in [0.1, 0.15) is 5.76 Å². The Labute approximate surface area is 126 Å². The van der Waals surface area contributed by atoms with Crippen molar-refractivity contribution in [3.05, 3.63) is 17.5 Å². The van der Waals surface area contributed by atoms with E-state index < -0.39 is 0 Å². The van der Waals surface area contributed by atoms with Gasteiger partial charge in [0.15, 0.2) is 0 Å². The molecule has 3 atom stereocenters. The zero-order chi connectivity index (χ0) is 14.8. The summed E-state index contributed by atoms with van der Waals surface area (Å²) in [6, 6.07) is 2.47. The highest BCUT2D eigenvalue weighted by atomic mass is 16.5. The molecule has 5 heteroatoms. The first kappa shape index (κ1) is 15.0. The predicted octanol–water partition coefficient (Wildman–Crippen LogP) is 2.39. The van der Waals surface area contributed by atoms with Crippen LogP contribution in [0.15, 0.2) is 10.6 Å². The molecule has 2 fully saturated rings. The number of fused-ring (bicyclic) bond motifs is 1. The molecule has 0 bridgehead atoms. The molecule has 0 aromatic carbocycles. The molecule has 1 aliphatic carbocycles. The van der Waals surface area contributed by atoms with Gasteiger partial charge >= 0.3 is 0 Å². The first-order chi connectivity index (χ1) is 10.1. The Bertz CT molecular complexity index is 460. The average molecular weight is 294 g/mol. The molecular formula is C16H26N2O3. The van der Waals surface area contributed by atoms with Gasteiger partial charge in [-0.15, -0.1) is 0 Å². The molecule has 5 nitrogen and oxygen atoms in total. The van der Waals surface area contributed by atoms with Gasteiger partial charge in [-0.05, 0) is 25.7 Å². The molecule has 3 rings (SSSR count). The number of nitrogens with zero attached hydrogens (tertiary/aromatic N) is 2. The van der Waals surface area contributed by atoms with Crippen molar-refractivity contribution in [2.75, 3.05) is 19.8 Å². The lowest BCUT2D eigenvalue weighted by molar-refractivity contribution is -0.118. The van der Waals surface area contributed by atoms with E-state index in [4.69, 9.17) is 14.0 Å². The Balaban J connectivity index is 1.60. The fourth-order valence-corrected chi connectivity index (χ4v) is 3.38. The summed E-state index contributed by atoms with van der Waals surface area (Å²) in [5.41, 5.74) is 1.01. The van der Waals surface area contributed by atoms with Gasteiger partial charge in [0.25, 0.3) is 0 Å². The van der Waals surface area contributed by atoms with E-state index in [0.29, 0.717) is 12.0 Å².